The molecule has 0 radical (unpaired) electrons. The highest BCUT2D eigenvalue weighted by atomic mass is 19.1. The van der Waals surface area contributed by atoms with Crippen LogP contribution >= 0.6 is 0 Å². The Morgan fingerprint density at radius 2 is 2.19 bits per heavy atom. The average Bonchev–Trinajstić information content (AvgIpc) is 2.75. The van der Waals surface area contributed by atoms with Crippen LogP contribution in [-0.4, -0.2) is 15.8 Å². The van der Waals surface area contributed by atoms with Gasteiger partial charge >= 0.3 is 0 Å². The molecule has 0 unspecified atom stereocenters. The summed E-state index contributed by atoms with van der Waals surface area (Å²) in [5.41, 5.74) is -0.0608. The number of halogens is 1. The second kappa shape index (κ2) is 5.70. The van der Waals surface area contributed by atoms with E-state index in [1.807, 2.05) is 0 Å². The van der Waals surface area contributed by atoms with Crippen LogP contribution in [0.5, 0.6) is 0 Å². The Balaban J connectivity index is 2.13. The fourth-order valence-electron chi connectivity index (χ4n) is 1.67. The monoisotopic (exact) mass is 293 g/mol. The van der Waals surface area contributed by atoms with Gasteiger partial charge in [-0.05, 0) is 19.9 Å². The molecular formula is C13H12FN3O4. The van der Waals surface area contributed by atoms with Crippen LogP contribution in [0, 0.1) is 29.8 Å². The van der Waals surface area contributed by atoms with E-state index in [4.69, 9.17) is 4.42 Å². The standard InChI is InChI=1S/C13H12FN3O4/c1-7-8(2)21-12(16-7)6-15-13(18)10-5-9(17(19)20)3-4-11(10)14/h3-5H,6H2,1-2H3,(H,15,18). The van der Waals surface area contributed by atoms with Gasteiger partial charge in [0.1, 0.15) is 11.6 Å². The Bertz CT molecular complexity index is 692. The van der Waals surface area contributed by atoms with Crippen LogP contribution in [0.4, 0.5) is 10.1 Å². The first-order valence-electron chi connectivity index (χ1n) is 6.03. The quantitative estimate of drug-likeness (QED) is 0.688. The maximum atomic E-state index is 13.6. The molecule has 0 aliphatic heterocycles. The molecule has 0 saturated carbocycles. The van der Waals surface area contributed by atoms with Gasteiger partial charge in [-0.25, -0.2) is 9.37 Å². The van der Waals surface area contributed by atoms with Crippen molar-refractivity contribution in [2.75, 3.05) is 0 Å². The number of amides is 1. The molecule has 110 valence electrons. The zero-order valence-electron chi connectivity index (χ0n) is 11.3. The van der Waals surface area contributed by atoms with E-state index in [1.165, 1.54) is 0 Å². The van der Waals surface area contributed by atoms with Crippen LogP contribution < -0.4 is 5.32 Å². The summed E-state index contributed by atoms with van der Waals surface area (Å²) in [6.45, 7) is 3.45. The summed E-state index contributed by atoms with van der Waals surface area (Å²) in [5.74, 6) is -0.701. The summed E-state index contributed by atoms with van der Waals surface area (Å²) in [7, 11) is 0. The highest BCUT2D eigenvalue weighted by molar-refractivity contribution is 5.95. The molecule has 21 heavy (non-hydrogen) atoms. The molecule has 1 aromatic carbocycles. The van der Waals surface area contributed by atoms with Crippen molar-refractivity contribution in [1.29, 1.82) is 0 Å². The molecule has 1 aromatic heterocycles. The zero-order valence-corrected chi connectivity index (χ0v) is 11.3. The smallest absolute Gasteiger partial charge is 0.270 e. The number of non-ortho nitro benzene ring substituents is 1. The van der Waals surface area contributed by atoms with E-state index in [0.717, 1.165) is 18.2 Å². The summed E-state index contributed by atoms with van der Waals surface area (Å²) in [6, 6.07) is 2.76. The van der Waals surface area contributed by atoms with Gasteiger partial charge in [-0.2, -0.15) is 0 Å². The Hall–Kier alpha value is -2.77. The van der Waals surface area contributed by atoms with Crippen LogP contribution in [0.2, 0.25) is 0 Å². The SMILES string of the molecule is Cc1nc(CNC(=O)c2cc([N+](=O)[O-])ccc2F)oc1C. The Labute approximate surface area is 118 Å². The predicted octanol–water partition coefficient (Wildman–Crippen LogP) is 2.27. The predicted molar refractivity (Wildman–Crippen MR) is 70.2 cm³/mol. The van der Waals surface area contributed by atoms with Gasteiger partial charge in [-0.3, -0.25) is 14.9 Å². The molecule has 0 saturated heterocycles. The third kappa shape index (κ3) is 3.22. The summed E-state index contributed by atoms with van der Waals surface area (Å²) in [5, 5.41) is 13.0. The van der Waals surface area contributed by atoms with Crippen LogP contribution in [0.3, 0.4) is 0 Å². The molecule has 0 fully saturated rings. The molecular weight excluding hydrogens is 281 g/mol. The molecule has 0 aliphatic rings. The minimum atomic E-state index is -0.835. The van der Waals surface area contributed by atoms with Crippen molar-refractivity contribution in [3.63, 3.8) is 0 Å². The molecule has 1 N–H and O–H groups in total. The number of carbonyl (C=O) groups is 1. The minimum absolute atomic E-state index is 0.0321. The van der Waals surface area contributed by atoms with Crippen molar-refractivity contribution in [1.82, 2.24) is 10.3 Å². The molecule has 0 aliphatic carbocycles. The molecule has 2 aromatic rings. The molecule has 0 spiro atoms. The van der Waals surface area contributed by atoms with E-state index < -0.39 is 22.2 Å². The number of nitrogens with one attached hydrogen (secondary N) is 1. The molecule has 1 amide bonds. The molecule has 1 heterocycles. The second-order valence-corrected chi connectivity index (χ2v) is 4.35. The lowest BCUT2D eigenvalue weighted by atomic mass is 10.1. The first-order valence-corrected chi connectivity index (χ1v) is 6.03. The normalized spacial score (nSPS) is 10.4. The van der Waals surface area contributed by atoms with Gasteiger partial charge in [0.05, 0.1) is 22.7 Å². The van der Waals surface area contributed by atoms with Gasteiger partial charge in [0.25, 0.3) is 11.6 Å². The number of aryl methyl sites for hydroxylation is 2. The Morgan fingerprint density at radius 3 is 2.76 bits per heavy atom. The minimum Gasteiger partial charge on any atom is -0.444 e. The van der Waals surface area contributed by atoms with Crippen LogP contribution in [0.25, 0.3) is 0 Å². The largest absolute Gasteiger partial charge is 0.444 e. The number of aromatic nitrogens is 1. The van der Waals surface area contributed by atoms with Gasteiger partial charge in [-0.15, -0.1) is 0 Å². The second-order valence-electron chi connectivity index (χ2n) is 4.35. The summed E-state index contributed by atoms with van der Waals surface area (Å²) in [6.07, 6.45) is 0. The fraction of sp³-hybridized carbons (Fsp3) is 0.231. The number of nitro groups is 1. The first kappa shape index (κ1) is 14.6. The van der Waals surface area contributed by atoms with Gasteiger partial charge in [0, 0.05) is 12.1 Å². The molecule has 0 atom stereocenters. The van der Waals surface area contributed by atoms with Gasteiger partial charge < -0.3 is 9.73 Å². The van der Waals surface area contributed by atoms with E-state index in [1.54, 1.807) is 13.8 Å². The van der Waals surface area contributed by atoms with Gasteiger partial charge in [0.15, 0.2) is 0 Å². The summed E-state index contributed by atoms with van der Waals surface area (Å²) in [4.78, 5) is 25.9. The maximum Gasteiger partial charge on any atom is 0.270 e. The van der Waals surface area contributed by atoms with Gasteiger partial charge in [-0.1, -0.05) is 0 Å². The Kier molecular flexibility index (Phi) is 3.97. The number of nitro benzene ring substituents is 1. The third-order valence-electron chi connectivity index (χ3n) is 2.88. The number of carbonyl (C=O) groups excluding carboxylic acids is 1. The third-order valence-corrected chi connectivity index (χ3v) is 2.88. The number of hydrogen-bond acceptors (Lipinski definition) is 5. The van der Waals surface area contributed by atoms with E-state index in [0.29, 0.717) is 11.5 Å². The molecule has 7 nitrogen and oxygen atoms in total. The maximum absolute atomic E-state index is 13.6. The number of benzene rings is 1. The van der Waals surface area contributed by atoms with E-state index in [9.17, 15) is 19.3 Å². The van der Waals surface area contributed by atoms with Crippen molar-refractivity contribution in [2.45, 2.75) is 20.4 Å². The molecule has 0 bridgehead atoms. The van der Waals surface area contributed by atoms with E-state index in [2.05, 4.69) is 10.3 Å². The van der Waals surface area contributed by atoms with E-state index >= 15 is 0 Å². The number of nitrogens with zero attached hydrogens (tertiary/aromatic N) is 2. The topological polar surface area (TPSA) is 98.3 Å². The number of hydrogen-bond donors (Lipinski definition) is 1. The zero-order chi connectivity index (χ0) is 15.6. The van der Waals surface area contributed by atoms with Crippen molar-refractivity contribution in [3.05, 3.63) is 57.0 Å². The summed E-state index contributed by atoms with van der Waals surface area (Å²) >= 11 is 0. The van der Waals surface area contributed by atoms with Crippen molar-refractivity contribution >= 4 is 11.6 Å². The van der Waals surface area contributed by atoms with E-state index in [-0.39, 0.29) is 18.1 Å². The number of oxazole rings is 1. The van der Waals surface area contributed by atoms with Gasteiger partial charge in [0.2, 0.25) is 5.89 Å². The van der Waals surface area contributed by atoms with Crippen molar-refractivity contribution in [2.24, 2.45) is 0 Å². The first-order chi connectivity index (χ1) is 9.88. The van der Waals surface area contributed by atoms with Crippen LogP contribution in [-0.2, 0) is 6.54 Å². The van der Waals surface area contributed by atoms with Crippen LogP contribution in [0.1, 0.15) is 27.7 Å². The lowest BCUT2D eigenvalue weighted by Gasteiger charge is -2.04. The van der Waals surface area contributed by atoms with Crippen molar-refractivity contribution < 1.29 is 18.5 Å². The molecule has 2 rings (SSSR count). The average molecular weight is 293 g/mol. The molecule has 8 heteroatoms. The fourth-order valence-corrected chi connectivity index (χ4v) is 1.67. The lowest BCUT2D eigenvalue weighted by molar-refractivity contribution is -0.384. The summed E-state index contributed by atoms with van der Waals surface area (Å²) < 4.78 is 18.8. The van der Waals surface area contributed by atoms with Crippen LogP contribution in [0.15, 0.2) is 22.6 Å². The lowest BCUT2D eigenvalue weighted by Crippen LogP contribution is -2.24. The Morgan fingerprint density at radius 1 is 1.48 bits per heavy atom. The highest BCUT2D eigenvalue weighted by Gasteiger charge is 2.17. The number of rotatable bonds is 4. The highest BCUT2D eigenvalue weighted by Crippen LogP contribution is 2.17. The van der Waals surface area contributed by atoms with Crippen molar-refractivity contribution in [3.8, 4) is 0 Å².